The van der Waals surface area contributed by atoms with Crippen LogP contribution >= 0.6 is 11.3 Å². The van der Waals surface area contributed by atoms with Crippen molar-refractivity contribution in [2.75, 3.05) is 0 Å². The quantitative estimate of drug-likeness (QED) is 0.649. The smallest absolute Gasteiger partial charge is 0.324 e. The summed E-state index contributed by atoms with van der Waals surface area (Å²) >= 11 is 0.944. The second-order valence-electron chi connectivity index (χ2n) is 6.64. The van der Waals surface area contributed by atoms with Crippen LogP contribution in [-0.4, -0.2) is 10.7 Å². The predicted molar refractivity (Wildman–Crippen MR) is 86.7 cm³/mol. The Morgan fingerprint density at radius 1 is 1.46 bits per heavy atom. The van der Waals surface area contributed by atoms with Crippen LogP contribution in [0.5, 0.6) is 0 Å². The zero-order chi connectivity index (χ0) is 17.6. The van der Waals surface area contributed by atoms with E-state index < -0.39 is 10.8 Å². The second kappa shape index (κ2) is 5.46. The Bertz CT molecular complexity index is 857. The number of thiophene rings is 1. The van der Waals surface area contributed by atoms with Crippen LogP contribution in [0.4, 0.5) is 5.00 Å². The van der Waals surface area contributed by atoms with Crippen LogP contribution in [0.1, 0.15) is 37.5 Å². The summed E-state index contributed by atoms with van der Waals surface area (Å²) in [4.78, 5) is 23.7. The van der Waals surface area contributed by atoms with Gasteiger partial charge in [-0.25, -0.2) is 0 Å². The van der Waals surface area contributed by atoms with E-state index in [1.54, 1.807) is 6.07 Å². The van der Waals surface area contributed by atoms with E-state index in [1.807, 2.05) is 19.9 Å². The second-order valence-corrected chi connectivity index (χ2v) is 7.73. The van der Waals surface area contributed by atoms with Gasteiger partial charge in [0.1, 0.15) is 17.4 Å². The summed E-state index contributed by atoms with van der Waals surface area (Å²) < 4.78 is 5.57. The van der Waals surface area contributed by atoms with Crippen LogP contribution in [-0.2, 0) is 9.53 Å². The fourth-order valence-electron chi connectivity index (χ4n) is 3.16. The molecular weight excluding hydrogens is 330 g/mol. The first-order valence-corrected chi connectivity index (χ1v) is 8.13. The van der Waals surface area contributed by atoms with Gasteiger partial charge in [0.25, 0.3) is 0 Å². The normalized spacial score (nSPS) is 22.7. The average molecular weight is 345 g/mol. The third-order valence-corrected chi connectivity index (χ3v) is 5.25. The number of allylic oxidation sites excluding steroid dienone is 3. The van der Waals surface area contributed by atoms with Gasteiger partial charge in [0.15, 0.2) is 5.78 Å². The van der Waals surface area contributed by atoms with Crippen LogP contribution in [0.15, 0.2) is 34.9 Å². The maximum Gasteiger partial charge on any atom is 0.324 e. The lowest BCUT2D eigenvalue weighted by Gasteiger charge is -2.36. The summed E-state index contributed by atoms with van der Waals surface area (Å²) in [6, 6.07) is 4.94. The molecule has 1 aromatic heterocycles. The van der Waals surface area contributed by atoms with Gasteiger partial charge in [-0.15, -0.1) is 0 Å². The molecule has 8 heteroatoms. The van der Waals surface area contributed by atoms with E-state index in [1.165, 1.54) is 6.07 Å². The summed E-state index contributed by atoms with van der Waals surface area (Å²) in [5.74, 6) is -0.375. The lowest BCUT2D eigenvalue weighted by atomic mass is 9.71. The van der Waals surface area contributed by atoms with Crippen LogP contribution < -0.4 is 5.73 Å². The number of rotatable bonds is 2. The van der Waals surface area contributed by atoms with E-state index in [-0.39, 0.29) is 27.7 Å². The van der Waals surface area contributed by atoms with Crippen molar-refractivity contribution in [3.05, 3.63) is 49.9 Å². The number of ether oxygens (including phenoxy) is 1. The molecule has 24 heavy (non-hydrogen) atoms. The van der Waals surface area contributed by atoms with Gasteiger partial charge in [-0.1, -0.05) is 25.2 Å². The average Bonchev–Trinajstić information content (AvgIpc) is 2.94. The minimum Gasteiger partial charge on any atom is -0.444 e. The summed E-state index contributed by atoms with van der Waals surface area (Å²) in [7, 11) is 0. The molecule has 0 saturated heterocycles. The highest BCUT2D eigenvalue weighted by Gasteiger charge is 2.43. The van der Waals surface area contributed by atoms with Gasteiger partial charge in [0.2, 0.25) is 5.88 Å². The molecule has 1 aliphatic heterocycles. The molecule has 1 aliphatic carbocycles. The van der Waals surface area contributed by atoms with E-state index in [9.17, 15) is 20.2 Å². The number of nitrogens with zero attached hydrogens (tertiary/aromatic N) is 2. The number of hydrogen-bond acceptors (Lipinski definition) is 7. The fourth-order valence-corrected chi connectivity index (χ4v) is 4.11. The van der Waals surface area contributed by atoms with Crippen molar-refractivity contribution in [2.24, 2.45) is 11.1 Å². The van der Waals surface area contributed by atoms with Crippen molar-refractivity contribution < 1.29 is 14.5 Å². The molecule has 0 amide bonds. The Morgan fingerprint density at radius 3 is 2.75 bits per heavy atom. The van der Waals surface area contributed by atoms with Crippen LogP contribution in [0.25, 0.3) is 0 Å². The summed E-state index contributed by atoms with van der Waals surface area (Å²) in [6.45, 7) is 3.92. The van der Waals surface area contributed by atoms with Crippen molar-refractivity contribution in [3.8, 4) is 6.07 Å². The van der Waals surface area contributed by atoms with Gasteiger partial charge >= 0.3 is 5.00 Å². The number of carbonyl (C=O) groups excluding carboxylic acids is 1. The molecular formula is C16H15N3O4S. The molecule has 1 unspecified atom stereocenters. The number of Topliss-reactive ketones (excluding diaryl/α,β-unsaturated/α-hetero) is 1. The number of nitrogens with two attached hydrogens (primary N) is 1. The van der Waals surface area contributed by atoms with Crippen molar-refractivity contribution in [2.45, 2.75) is 32.6 Å². The van der Waals surface area contributed by atoms with Gasteiger partial charge in [0.05, 0.1) is 10.8 Å². The molecule has 1 atom stereocenters. The minimum absolute atomic E-state index is 0.0391. The lowest BCUT2D eigenvalue weighted by Crippen LogP contribution is -2.33. The Balaban J connectivity index is 2.16. The van der Waals surface area contributed by atoms with E-state index in [0.717, 1.165) is 11.3 Å². The Labute approximate surface area is 142 Å². The van der Waals surface area contributed by atoms with Gasteiger partial charge in [0, 0.05) is 29.4 Å². The highest BCUT2D eigenvalue weighted by atomic mass is 32.1. The SMILES string of the molecule is CC1(C)CC(=O)C2=C(C1)OC(N)=C(C#N)C2c1ccc([N+](=O)[O-])s1. The molecule has 0 aromatic carbocycles. The zero-order valence-corrected chi connectivity index (χ0v) is 14.0. The molecule has 3 rings (SSSR count). The Hall–Kier alpha value is -2.66. The van der Waals surface area contributed by atoms with Gasteiger partial charge in [-0.3, -0.25) is 14.9 Å². The molecule has 0 fully saturated rings. The number of nitro groups is 1. The lowest BCUT2D eigenvalue weighted by molar-refractivity contribution is -0.380. The predicted octanol–water partition coefficient (Wildman–Crippen LogP) is 3.11. The molecule has 1 aromatic rings. The molecule has 7 nitrogen and oxygen atoms in total. The van der Waals surface area contributed by atoms with Gasteiger partial charge in [-0.05, 0) is 11.5 Å². The molecule has 0 spiro atoms. The maximum atomic E-state index is 12.7. The van der Waals surface area contributed by atoms with Gasteiger partial charge < -0.3 is 10.5 Å². The highest BCUT2D eigenvalue weighted by Crippen LogP contribution is 2.49. The van der Waals surface area contributed by atoms with Crippen molar-refractivity contribution in [1.29, 1.82) is 5.26 Å². The zero-order valence-electron chi connectivity index (χ0n) is 13.2. The van der Waals surface area contributed by atoms with Gasteiger partial charge in [-0.2, -0.15) is 5.26 Å². The van der Waals surface area contributed by atoms with E-state index >= 15 is 0 Å². The summed E-state index contributed by atoms with van der Waals surface area (Å²) in [5, 5.41) is 20.4. The molecule has 2 aliphatic rings. The summed E-state index contributed by atoms with van der Waals surface area (Å²) in [5.41, 5.74) is 6.15. The van der Waals surface area contributed by atoms with E-state index in [0.29, 0.717) is 29.1 Å². The number of nitriles is 1. The van der Waals surface area contributed by atoms with Crippen LogP contribution in [0.3, 0.4) is 0 Å². The topological polar surface area (TPSA) is 119 Å². The first-order chi connectivity index (χ1) is 11.2. The largest absolute Gasteiger partial charge is 0.444 e. The number of ketones is 1. The molecule has 2 N–H and O–H groups in total. The molecule has 124 valence electrons. The van der Waals surface area contributed by atoms with Crippen molar-refractivity contribution in [1.82, 2.24) is 0 Å². The molecule has 0 saturated carbocycles. The number of carbonyl (C=O) groups is 1. The Kier molecular flexibility index (Phi) is 3.68. The third-order valence-electron chi connectivity index (χ3n) is 4.15. The first kappa shape index (κ1) is 16.2. The van der Waals surface area contributed by atoms with E-state index in [4.69, 9.17) is 10.5 Å². The molecule has 0 bridgehead atoms. The Morgan fingerprint density at radius 2 is 2.17 bits per heavy atom. The minimum atomic E-state index is -0.693. The molecule has 2 heterocycles. The maximum absolute atomic E-state index is 12.7. The monoisotopic (exact) mass is 345 g/mol. The van der Waals surface area contributed by atoms with Crippen LogP contribution in [0, 0.1) is 26.9 Å². The highest BCUT2D eigenvalue weighted by molar-refractivity contribution is 7.15. The number of hydrogen-bond donors (Lipinski definition) is 1. The van der Waals surface area contributed by atoms with Crippen molar-refractivity contribution in [3.63, 3.8) is 0 Å². The fraction of sp³-hybridized carbons (Fsp3) is 0.375. The van der Waals surface area contributed by atoms with Crippen molar-refractivity contribution >= 4 is 22.1 Å². The molecule has 0 radical (unpaired) electrons. The van der Waals surface area contributed by atoms with E-state index in [2.05, 4.69) is 0 Å². The summed E-state index contributed by atoms with van der Waals surface area (Å²) in [6.07, 6.45) is 0.856. The van der Waals surface area contributed by atoms with Crippen LogP contribution in [0.2, 0.25) is 0 Å². The first-order valence-electron chi connectivity index (χ1n) is 7.31. The standard InChI is InChI=1S/C16H15N3O4S/c1-16(2)5-9(20)14-10(6-16)23-15(18)8(7-17)13(14)11-3-4-12(24-11)19(21)22/h3-4,13H,5-6,18H2,1-2H3. The third kappa shape index (κ3) is 2.57.